The zero-order chi connectivity index (χ0) is 19.2. The fraction of sp³-hybridized carbons (Fsp3) is 0.316. The number of hydrogen-bond acceptors (Lipinski definition) is 5. The fourth-order valence-corrected chi connectivity index (χ4v) is 4.71. The molecule has 3 rings (SSSR count). The van der Waals surface area contributed by atoms with Crippen LogP contribution in [0.1, 0.15) is 18.7 Å². The Morgan fingerprint density at radius 1 is 1.19 bits per heavy atom. The van der Waals surface area contributed by atoms with Crippen LogP contribution in [0.15, 0.2) is 47.6 Å². The second kappa shape index (κ2) is 9.39. The van der Waals surface area contributed by atoms with Gasteiger partial charge < -0.3 is 9.47 Å². The van der Waals surface area contributed by atoms with E-state index in [0.717, 1.165) is 32.3 Å². The highest BCUT2D eigenvalue weighted by Gasteiger charge is 2.17. The largest absolute Gasteiger partial charge is 0.337 e. The number of thiophene rings is 1. The average Bonchev–Trinajstić information content (AvgIpc) is 3.30. The number of nitrogens with zero attached hydrogens (tertiary/aromatic N) is 4. The first-order valence-corrected chi connectivity index (χ1v) is 10.9. The van der Waals surface area contributed by atoms with E-state index in [1.54, 1.807) is 0 Å². The Morgan fingerprint density at radius 2 is 1.96 bits per heavy atom. The van der Waals surface area contributed by atoms with Crippen LogP contribution >= 0.6 is 34.7 Å². The first kappa shape index (κ1) is 19.9. The summed E-state index contributed by atoms with van der Waals surface area (Å²) in [7, 11) is 0. The molecule has 3 aromatic rings. The van der Waals surface area contributed by atoms with Gasteiger partial charge >= 0.3 is 0 Å². The van der Waals surface area contributed by atoms with Crippen LogP contribution in [0, 0.1) is 0 Å². The molecule has 0 spiro atoms. The van der Waals surface area contributed by atoms with Crippen molar-refractivity contribution < 1.29 is 4.79 Å². The van der Waals surface area contributed by atoms with Gasteiger partial charge in [0.15, 0.2) is 11.0 Å². The molecule has 2 aromatic heterocycles. The van der Waals surface area contributed by atoms with Gasteiger partial charge in [0.2, 0.25) is 5.91 Å². The van der Waals surface area contributed by atoms with Crippen molar-refractivity contribution >= 4 is 40.6 Å². The highest BCUT2D eigenvalue weighted by atomic mass is 35.5. The molecule has 2 heterocycles. The summed E-state index contributed by atoms with van der Waals surface area (Å²) in [5.74, 6) is 1.24. The van der Waals surface area contributed by atoms with E-state index in [0.29, 0.717) is 18.8 Å². The van der Waals surface area contributed by atoms with Crippen molar-refractivity contribution in [2.45, 2.75) is 32.1 Å². The van der Waals surface area contributed by atoms with Gasteiger partial charge in [-0.25, -0.2) is 0 Å². The Kier molecular flexibility index (Phi) is 6.93. The van der Waals surface area contributed by atoms with Crippen molar-refractivity contribution in [1.29, 1.82) is 0 Å². The van der Waals surface area contributed by atoms with E-state index >= 15 is 0 Å². The van der Waals surface area contributed by atoms with E-state index in [-0.39, 0.29) is 5.91 Å². The summed E-state index contributed by atoms with van der Waals surface area (Å²) < 4.78 is 2.79. The molecule has 5 nitrogen and oxygen atoms in total. The second-order valence-electron chi connectivity index (χ2n) is 5.82. The predicted octanol–water partition coefficient (Wildman–Crippen LogP) is 4.82. The predicted molar refractivity (Wildman–Crippen MR) is 112 cm³/mol. The molecule has 0 radical (unpaired) electrons. The van der Waals surface area contributed by atoms with E-state index < -0.39 is 0 Å². The van der Waals surface area contributed by atoms with Crippen LogP contribution in [0.25, 0.3) is 11.4 Å². The maximum absolute atomic E-state index is 12.7. The van der Waals surface area contributed by atoms with Crippen molar-refractivity contribution in [2.75, 3.05) is 12.3 Å². The number of carbonyl (C=O) groups excluding carboxylic acids is 1. The monoisotopic (exact) mass is 420 g/mol. The van der Waals surface area contributed by atoms with Crippen molar-refractivity contribution in [1.82, 2.24) is 19.7 Å². The summed E-state index contributed by atoms with van der Waals surface area (Å²) in [6.07, 6.45) is 0. The molecular weight excluding hydrogens is 400 g/mol. The van der Waals surface area contributed by atoms with Gasteiger partial charge in [0.05, 0.1) is 16.6 Å². The van der Waals surface area contributed by atoms with Gasteiger partial charge in [0.1, 0.15) is 0 Å². The Morgan fingerprint density at radius 3 is 2.59 bits per heavy atom. The molecule has 0 fully saturated rings. The van der Waals surface area contributed by atoms with E-state index in [4.69, 9.17) is 11.6 Å². The van der Waals surface area contributed by atoms with Gasteiger partial charge in [0, 0.05) is 23.5 Å². The number of benzene rings is 1. The van der Waals surface area contributed by atoms with Crippen LogP contribution in [0.4, 0.5) is 0 Å². The topological polar surface area (TPSA) is 51.0 Å². The molecule has 142 valence electrons. The Bertz CT molecular complexity index is 894. The molecule has 0 aliphatic heterocycles. The minimum absolute atomic E-state index is 0.0823. The lowest BCUT2D eigenvalue weighted by Crippen LogP contribution is -2.31. The van der Waals surface area contributed by atoms with E-state index in [1.165, 1.54) is 23.1 Å². The Labute approximate surface area is 172 Å². The lowest BCUT2D eigenvalue weighted by molar-refractivity contribution is -0.128. The third kappa shape index (κ3) is 4.91. The summed E-state index contributed by atoms with van der Waals surface area (Å²) >= 11 is 8.93. The van der Waals surface area contributed by atoms with E-state index in [1.807, 2.05) is 58.9 Å². The standard InChI is InChI=1S/C19H21ClN4OS2/c1-3-23(12-15-10-11-16(20)27-15)17(25)13-26-19-22-21-18(24(19)4-2)14-8-6-5-7-9-14/h5-11H,3-4,12-13H2,1-2H3. The molecule has 0 atom stereocenters. The highest BCUT2D eigenvalue weighted by molar-refractivity contribution is 7.99. The molecule has 0 N–H and O–H groups in total. The molecular formula is C19H21ClN4OS2. The summed E-state index contributed by atoms with van der Waals surface area (Å²) in [6.45, 7) is 6.03. The van der Waals surface area contributed by atoms with Gasteiger partial charge in [0.25, 0.3) is 0 Å². The molecule has 0 aliphatic rings. The number of halogens is 1. The zero-order valence-electron chi connectivity index (χ0n) is 15.3. The number of carbonyl (C=O) groups is 1. The molecule has 0 saturated carbocycles. The lowest BCUT2D eigenvalue weighted by Gasteiger charge is -2.19. The molecule has 1 aromatic carbocycles. The third-order valence-electron chi connectivity index (χ3n) is 4.10. The molecule has 0 aliphatic carbocycles. The normalized spacial score (nSPS) is 10.9. The molecule has 0 bridgehead atoms. The first-order valence-electron chi connectivity index (χ1n) is 8.75. The van der Waals surface area contributed by atoms with Gasteiger partial charge in [-0.3, -0.25) is 4.79 Å². The minimum Gasteiger partial charge on any atom is -0.337 e. The summed E-state index contributed by atoms with van der Waals surface area (Å²) in [4.78, 5) is 15.6. The molecule has 0 saturated heterocycles. The van der Waals surface area contributed by atoms with Crippen LogP contribution in [0.3, 0.4) is 0 Å². The summed E-state index contributed by atoms with van der Waals surface area (Å²) in [5.41, 5.74) is 1.02. The quantitative estimate of drug-likeness (QED) is 0.490. The number of amides is 1. The first-order chi connectivity index (χ1) is 13.1. The van der Waals surface area contributed by atoms with Crippen molar-refractivity contribution in [2.24, 2.45) is 0 Å². The van der Waals surface area contributed by atoms with Crippen LogP contribution in [-0.4, -0.2) is 37.9 Å². The van der Waals surface area contributed by atoms with Crippen molar-refractivity contribution in [3.8, 4) is 11.4 Å². The maximum Gasteiger partial charge on any atom is 0.233 e. The van der Waals surface area contributed by atoms with E-state index in [9.17, 15) is 4.79 Å². The number of rotatable bonds is 8. The molecule has 0 unspecified atom stereocenters. The van der Waals surface area contributed by atoms with Gasteiger partial charge in [-0.15, -0.1) is 21.5 Å². The number of thioether (sulfide) groups is 1. The third-order valence-corrected chi connectivity index (χ3v) is 6.27. The second-order valence-corrected chi connectivity index (χ2v) is 8.56. The highest BCUT2D eigenvalue weighted by Crippen LogP contribution is 2.25. The summed E-state index contributed by atoms with van der Waals surface area (Å²) in [6, 6.07) is 13.8. The van der Waals surface area contributed by atoms with Crippen molar-refractivity contribution in [3.63, 3.8) is 0 Å². The van der Waals surface area contributed by atoms with Crippen LogP contribution in [-0.2, 0) is 17.9 Å². The van der Waals surface area contributed by atoms with Crippen molar-refractivity contribution in [3.05, 3.63) is 51.7 Å². The van der Waals surface area contributed by atoms with Crippen LogP contribution in [0.2, 0.25) is 4.34 Å². The average molecular weight is 421 g/mol. The summed E-state index contributed by atoms with van der Waals surface area (Å²) in [5, 5.41) is 9.39. The minimum atomic E-state index is 0.0823. The van der Waals surface area contributed by atoms with Gasteiger partial charge in [-0.05, 0) is 26.0 Å². The maximum atomic E-state index is 12.7. The van der Waals surface area contributed by atoms with Gasteiger partial charge in [-0.1, -0.05) is 53.7 Å². The zero-order valence-corrected chi connectivity index (χ0v) is 17.7. The van der Waals surface area contributed by atoms with Crippen LogP contribution < -0.4 is 0 Å². The van der Waals surface area contributed by atoms with Crippen LogP contribution in [0.5, 0.6) is 0 Å². The molecule has 27 heavy (non-hydrogen) atoms. The lowest BCUT2D eigenvalue weighted by atomic mass is 10.2. The molecule has 8 heteroatoms. The Hall–Kier alpha value is -1.83. The Balaban J connectivity index is 1.67. The smallest absolute Gasteiger partial charge is 0.233 e. The number of hydrogen-bond donors (Lipinski definition) is 0. The number of aromatic nitrogens is 3. The molecule has 1 amide bonds. The SMILES string of the molecule is CCN(Cc1ccc(Cl)s1)C(=O)CSc1nnc(-c2ccccc2)n1CC. The van der Waals surface area contributed by atoms with E-state index in [2.05, 4.69) is 17.1 Å². The fourth-order valence-electron chi connectivity index (χ4n) is 2.70. The van der Waals surface area contributed by atoms with Gasteiger partial charge in [-0.2, -0.15) is 0 Å².